The lowest BCUT2D eigenvalue weighted by Gasteiger charge is -2.41. The quantitative estimate of drug-likeness (QED) is 0.575. The second-order valence-electron chi connectivity index (χ2n) is 9.50. The molecule has 4 rings (SSSR count). The van der Waals surface area contributed by atoms with E-state index in [1.54, 1.807) is 19.2 Å². The number of ether oxygens (including phenoxy) is 2. The Bertz CT molecular complexity index is 965. The van der Waals surface area contributed by atoms with Gasteiger partial charge in [0.2, 0.25) is 5.91 Å². The third-order valence-corrected chi connectivity index (χ3v) is 7.47. The average molecular weight is 484 g/mol. The van der Waals surface area contributed by atoms with Crippen molar-refractivity contribution in [3.05, 3.63) is 54.0 Å². The number of methoxy groups -OCH3 is 1. The molecule has 2 atom stereocenters. The van der Waals surface area contributed by atoms with Crippen molar-refractivity contribution in [2.45, 2.75) is 38.3 Å². The number of carbonyl (C=O) groups excluding carboxylic acids is 2. The van der Waals surface area contributed by atoms with Gasteiger partial charge in [-0.1, -0.05) is 12.1 Å². The van der Waals surface area contributed by atoms with Crippen LogP contribution in [0.1, 0.15) is 35.9 Å². The predicted octanol–water partition coefficient (Wildman–Crippen LogP) is 2.93. The van der Waals surface area contributed by atoms with E-state index in [4.69, 9.17) is 13.9 Å². The molecule has 2 saturated heterocycles. The Morgan fingerprint density at radius 3 is 2.51 bits per heavy atom. The molecule has 1 aromatic heterocycles. The van der Waals surface area contributed by atoms with Gasteiger partial charge >= 0.3 is 0 Å². The molecule has 8 nitrogen and oxygen atoms in total. The van der Waals surface area contributed by atoms with Gasteiger partial charge in [-0.15, -0.1) is 0 Å². The Morgan fingerprint density at radius 1 is 1.11 bits per heavy atom. The fourth-order valence-electron chi connectivity index (χ4n) is 5.28. The first kappa shape index (κ1) is 25.3. The van der Waals surface area contributed by atoms with E-state index in [9.17, 15) is 9.59 Å². The third-order valence-electron chi connectivity index (χ3n) is 7.47. The zero-order chi connectivity index (χ0) is 24.8. The molecule has 35 heavy (non-hydrogen) atoms. The Labute approximate surface area is 207 Å². The number of hydrogen-bond donors (Lipinski definition) is 0. The highest BCUT2D eigenvalue weighted by atomic mass is 16.5. The summed E-state index contributed by atoms with van der Waals surface area (Å²) in [6, 6.07) is 11.3. The first-order valence-electron chi connectivity index (χ1n) is 12.5. The highest BCUT2D eigenvalue weighted by molar-refractivity contribution is 5.91. The lowest BCUT2D eigenvalue weighted by atomic mass is 9.84. The number of amides is 2. The van der Waals surface area contributed by atoms with Gasteiger partial charge in [-0.05, 0) is 61.9 Å². The second kappa shape index (κ2) is 11.7. The van der Waals surface area contributed by atoms with Crippen molar-refractivity contribution in [3.63, 3.8) is 0 Å². The standard InChI is InChI=1S/C27H37N3O5/c1-20(29-13-16-34-17-14-29)26(31)30-11-9-22(10-12-30)24(19-21-6-4-7-23(18-21)33-3)28(2)27(32)25-8-5-15-35-25/h4-8,15,18,20,22,24H,9-14,16-17,19H2,1-3H3. The number of nitrogens with zero attached hydrogens (tertiary/aromatic N) is 3. The van der Waals surface area contributed by atoms with Crippen LogP contribution in [0.5, 0.6) is 5.75 Å². The van der Waals surface area contributed by atoms with Crippen LogP contribution in [-0.4, -0.2) is 92.1 Å². The average Bonchev–Trinajstić information content (AvgIpc) is 3.46. The molecule has 0 aliphatic carbocycles. The molecule has 2 aliphatic heterocycles. The maximum atomic E-state index is 13.2. The van der Waals surface area contributed by atoms with Gasteiger partial charge < -0.3 is 23.7 Å². The lowest BCUT2D eigenvalue weighted by molar-refractivity contribution is -0.139. The monoisotopic (exact) mass is 483 g/mol. The van der Waals surface area contributed by atoms with E-state index in [1.165, 1.54) is 6.26 Å². The normalized spacial score (nSPS) is 19.2. The number of morpholine rings is 1. The number of likely N-dealkylation sites (N-methyl/N-ethyl adjacent to an activating group) is 1. The Balaban J connectivity index is 1.45. The SMILES string of the molecule is COc1cccc(CC(C2CCN(C(=O)C(C)N3CCOCC3)CC2)N(C)C(=O)c2ccco2)c1. The number of rotatable bonds is 8. The summed E-state index contributed by atoms with van der Waals surface area (Å²) in [7, 11) is 3.52. The number of carbonyl (C=O) groups is 2. The summed E-state index contributed by atoms with van der Waals surface area (Å²) < 4.78 is 16.2. The number of furan rings is 1. The summed E-state index contributed by atoms with van der Waals surface area (Å²) >= 11 is 0. The zero-order valence-corrected chi connectivity index (χ0v) is 21.0. The second-order valence-corrected chi connectivity index (χ2v) is 9.50. The van der Waals surface area contributed by atoms with Gasteiger partial charge in [-0.25, -0.2) is 0 Å². The van der Waals surface area contributed by atoms with Crippen molar-refractivity contribution in [1.29, 1.82) is 0 Å². The predicted molar refractivity (Wildman–Crippen MR) is 132 cm³/mol. The maximum absolute atomic E-state index is 13.2. The van der Waals surface area contributed by atoms with Crippen molar-refractivity contribution in [2.75, 3.05) is 53.6 Å². The lowest BCUT2D eigenvalue weighted by Crippen LogP contribution is -2.54. The molecule has 0 bridgehead atoms. The molecule has 0 spiro atoms. The Hall–Kier alpha value is -2.84. The smallest absolute Gasteiger partial charge is 0.289 e. The van der Waals surface area contributed by atoms with Crippen LogP contribution >= 0.6 is 0 Å². The minimum Gasteiger partial charge on any atom is -0.497 e. The van der Waals surface area contributed by atoms with Gasteiger partial charge in [0.05, 0.1) is 32.6 Å². The molecule has 0 saturated carbocycles. The number of piperidine rings is 1. The maximum Gasteiger partial charge on any atom is 0.289 e. The molecule has 2 amide bonds. The molecule has 2 aromatic rings. The first-order chi connectivity index (χ1) is 17.0. The fraction of sp³-hybridized carbons (Fsp3) is 0.556. The van der Waals surface area contributed by atoms with Crippen LogP contribution < -0.4 is 4.74 Å². The van der Waals surface area contributed by atoms with Gasteiger partial charge in [0.15, 0.2) is 5.76 Å². The molecule has 1 aromatic carbocycles. The molecular weight excluding hydrogens is 446 g/mol. The van der Waals surface area contributed by atoms with Crippen molar-refractivity contribution in [1.82, 2.24) is 14.7 Å². The minimum absolute atomic E-state index is 0.0198. The van der Waals surface area contributed by atoms with Gasteiger partial charge in [0, 0.05) is 39.3 Å². The molecular formula is C27H37N3O5. The largest absolute Gasteiger partial charge is 0.497 e. The summed E-state index contributed by atoms with van der Waals surface area (Å²) in [5.74, 6) is 1.48. The van der Waals surface area contributed by atoms with E-state index in [0.717, 1.165) is 37.2 Å². The first-order valence-corrected chi connectivity index (χ1v) is 12.5. The Kier molecular flexibility index (Phi) is 8.46. The summed E-state index contributed by atoms with van der Waals surface area (Å²) in [4.78, 5) is 32.4. The van der Waals surface area contributed by atoms with Crippen molar-refractivity contribution < 1.29 is 23.5 Å². The summed E-state index contributed by atoms with van der Waals surface area (Å²) in [5, 5.41) is 0. The van der Waals surface area contributed by atoms with Gasteiger partial charge in [0.25, 0.3) is 5.91 Å². The Morgan fingerprint density at radius 2 is 1.86 bits per heavy atom. The van der Waals surface area contributed by atoms with E-state index in [2.05, 4.69) is 11.0 Å². The molecule has 2 fully saturated rings. The molecule has 0 radical (unpaired) electrons. The highest BCUT2D eigenvalue weighted by Gasteiger charge is 2.35. The van der Waals surface area contributed by atoms with Crippen LogP contribution in [0.25, 0.3) is 0 Å². The third kappa shape index (κ3) is 6.05. The molecule has 2 aliphatic rings. The molecule has 3 heterocycles. The van der Waals surface area contributed by atoms with Crippen molar-refractivity contribution in [3.8, 4) is 5.75 Å². The van der Waals surface area contributed by atoms with E-state index >= 15 is 0 Å². The number of benzene rings is 1. The zero-order valence-electron chi connectivity index (χ0n) is 21.0. The molecule has 0 N–H and O–H groups in total. The van der Waals surface area contributed by atoms with Crippen LogP contribution in [0.3, 0.4) is 0 Å². The van der Waals surface area contributed by atoms with Gasteiger partial charge in [-0.3, -0.25) is 14.5 Å². The van der Waals surface area contributed by atoms with Crippen LogP contribution in [0.15, 0.2) is 47.1 Å². The number of hydrogen-bond acceptors (Lipinski definition) is 6. The van der Waals surface area contributed by atoms with Crippen LogP contribution in [0.4, 0.5) is 0 Å². The minimum atomic E-state index is -0.133. The molecule has 2 unspecified atom stereocenters. The topological polar surface area (TPSA) is 75.5 Å². The van der Waals surface area contributed by atoms with Crippen molar-refractivity contribution in [2.24, 2.45) is 5.92 Å². The summed E-state index contributed by atoms with van der Waals surface area (Å²) in [6.45, 7) is 6.37. The highest BCUT2D eigenvalue weighted by Crippen LogP contribution is 2.29. The van der Waals surface area contributed by atoms with Crippen molar-refractivity contribution >= 4 is 11.8 Å². The van der Waals surface area contributed by atoms with Gasteiger partial charge in [-0.2, -0.15) is 0 Å². The van der Waals surface area contributed by atoms with E-state index in [1.807, 2.05) is 42.0 Å². The van der Waals surface area contributed by atoms with Crippen LogP contribution in [-0.2, 0) is 16.0 Å². The van der Waals surface area contributed by atoms with E-state index < -0.39 is 0 Å². The van der Waals surface area contributed by atoms with Gasteiger partial charge in [0.1, 0.15) is 5.75 Å². The molecule has 8 heteroatoms. The van der Waals surface area contributed by atoms with E-state index in [0.29, 0.717) is 38.5 Å². The van der Waals surface area contributed by atoms with E-state index in [-0.39, 0.29) is 29.8 Å². The van der Waals surface area contributed by atoms with Crippen LogP contribution in [0.2, 0.25) is 0 Å². The van der Waals surface area contributed by atoms with Crippen LogP contribution in [0, 0.1) is 5.92 Å². The molecule has 190 valence electrons. The summed E-state index contributed by atoms with van der Waals surface area (Å²) in [5.41, 5.74) is 1.12. The summed E-state index contributed by atoms with van der Waals surface area (Å²) in [6.07, 6.45) is 3.94. The number of likely N-dealkylation sites (tertiary alicyclic amines) is 1. The fourth-order valence-corrected chi connectivity index (χ4v) is 5.28.